The number of rotatable bonds is 3. The van der Waals surface area contributed by atoms with Gasteiger partial charge in [-0.15, -0.1) is 0 Å². The quantitative estimate of drug-likeness (QED) is 0.600. The molecule has 4 nitrogen and oxygen atoms in total. The molecule has 138 valence electrons. The van der Waals surface area contributed by atoms with E-state index in [0.717, 1.165) is 27.9 Å². The molecule has 0 unspecified atom stereocenters. The fourth-order valence-electron chi connectivity index (χ4n) is 3.07. The molecule has 0 aromatic heterocycles. The molecular weight excluding hydrogens is 398 g/mol. The predicted octanol–water partition coefficient (Wildman–Crippen LogP) is 5.72. The fraction of sp³-hybridized carbons (Fsp3) is 0.200. The monoisotopic (exact) mass is 415 g/mol. The van der Waals surface area contributed by atoms with E-state index in [4.69, 9.17) is 11.6 Å². The van der Waals surface area contributed by atoms with Gasteiger partial charge in [-0.3, -0.25) is 9.69 Å². The van der Waals surface area contributed by atoms with E-state index in [-0.39, 0.29) is 5.91 Å². The number of likely N-dealkylation sites (N-methyl/N-ethyl adjacent to an activating group) is 1. The molecule has 1 amide bonds. The van der Waals surface area contributed by atoms with Crippen LogP contribution in [0.25, 0.3) is 0 Å². The van der Waals surface area contributed by atoms with Crippen molar-refractivity contribution in [2.24, 2.45) is 4.99 Å². The summed E-state index contributed by atoms with van der Waals surface area (Å²) >= 11 is 9.17. The van der Waals surface area contributed by atoms with Gasteiger partial charge in [-0.2, -0.15) is 0 Å². The molecule has 2 aromatic rings. The predicted molar refractivity (Wildman–Crippen MR) is 116 cm³/mol. The Hall–Kier alpha value is -1.89. The minimum atomic E-state index is 0.0111. The van der Waals surface area contributed by atoms with Gasteiger partial charge < -0.3 is 4.90 Å². The maximum absolute atomic E-state index is 13.1. The van der Waals surface area contributed by atoms with Crippen molar-refractivity contribution >= 4 is 57.6 Å². The van der Waals surface area contributed by atoms with Crippen LogP contribution in [0.3, 0.4) is 0 Å². The van der Waals surface area contributed by atoms with Gasteiger partial charge in [0.25, 0.3) is 5.91 Å². The SMILES string of the molecule is CCN1C(=O)C(=C2Sc3ccccc3N2CC)SC1=Nc1cccc(Cl)c1. The molecule has 2 aromatic carbocycles. The summed E-state index contributed by atoms with van der Waals surface area (Å²) in [5.41, 5.74) is 1.90. The number of hydrogen-bond donors (Lipinski definition) is 0. The van der Waals surface area contributed by atoms with Crippen LogP contribution >= 0.6 is 35.1 Å². The lowest BCUT2D eigenvalue weighted by Gasteiger charge is -2.19. The molecule has 0 spiro atoms. The topological polar surface area (TPSA) is 35.9 Å². The third kappa shape index (κ3) is 3.37. The zero-order chi connectivity index (χ0) is 19.0. The van der Waals surface area contributed by atoms with Crippen LogP contribution < -0.4 is 4.90 Å². The highest BCUT2D eigenvalue weighted by atomic mass is 35.5. The fourth-order valence-corrected chi connectivity index (χ4v) is 5.71. The van der Waals surface area contributed by atoms with E-state index in [2.05, 4.69) is 28.9 Å². The smallest absolute Gasteiger partial charge is 0.269 e. The molecular formula is C20H18ClN3OS2. The van der Waals surface area contributed by atoms with E-state index < -0.39 is 0 Å². The number of halogens is 1. The van der Waals surface area contributed by atoms with Crippen LogP contribution in [-0.4, -0.2) is 29.1 Å². The van der Waals surface area contributed by atoms with Crippen LogP contribution in [-0.2, 0) is 4.79 Å². The Balaban J connectivity index is 1.75. The molecule has 0 atom stereocenters. The number of amidine groups is 1. The van der Waals surface area contributed by atoms with Gasteiger partial charge in [-0.25, -0.2) is 4.99 Å². The van der Waals surface area contributed by atoms with Gasteiger partial charge in [0.05, 0.1) is 11.4 Å². The van der Waals surface area contributed by atoms with Crippen molar-refractivity contribution in [1.29, 1.82) is 0 Å². The van der Waals surface area contributed by atoms with Crippen LogP contribution in [0.5, 0.6) is 0 Å². The van der Waals surface area contributed by atoms with Crippen LogP contribution in [0.2, 0.25) is 5.02 Å². The molecule has 0 radical (unpaired) electrons. The Labute approximate surface area is 172 Å². The number of fused-ring (bicyclic) bond motifs is 1. The second-order valence-electron chi connectivity index (χ2n) is 5.97. The number of carbonyl (C=O) groups is 1. The number of aliphatic imine (C=N–C) groups is 1. The van der Waals surface area contributed by atoms with Gasteiger partial charge in [0.2, 0.25) is 0 Å². The Morgan fingerprint density at radius 1 is 1.00 bits per heavy atom. The van der Waals surface area contributed by atoms with Crippen molar-refractivity contribution < 1.29 is 4.79 Å². The Morgan fingerprint density at radius 2 is 1.78 bits per heavy atom. The third-order valence-electron chi connectivity index (χ3n) is 4.33. The molecule has 2 aliphatic heterocycles. The lowest BCUT2D eigenvalue weighted by atomic mass is 10.3. The summed E-state index contributed by atoms with van der Waals surface area (Å²) < 4.78 is 0. The average molecular weight is 416 g/mol. The first-order chi connectivity index (χ1) is 13.1. The van der Waals surface area contributed by atoms with E-state index in [0.29, 0.717) is 16.7 Å². The molecule has 0 aliphatic carbocycles. The first-order valence-corrected chi connectivity index (χ1v) is 10.8. The van der Waals surface area contributed by atoms with Gasteiger partial charge in [0.15, 0.2) is 5.17 Å². The lowest BCUT2D eigenvalue weighted by molar-refractivity contribution is -0.122. The Kier molecular flexibility index (Phi) is 5.21. The summed E-state index contributed by atoms with van der Waals surface area (Å²) in [6, 6.07) is 15.6. The van der Waals surface area contributed by atoms with Crippen molar-refractivity contribution in [2.45, 2.75) is 18.7 Å². The number of nitrogens with zero attached hydrogens (tertiary/aromatic N) is 3. The van der Waals surface area contributed by atoms with E-state index in [1.165, 1.54) is 16.7 Å². The first-order valence-electron chi connectivity index (χ1n) is 8.75. The standard InChI is InChI=1S/C20H18ClN3OS2/c1-3-23-15-10-5-6-11-16(15)26-19(23)17-18(25)24(4-2)20(27-17)22-14-9-7-8-13(21)12-14/h5-12H,3-4H2,1-2H3. The number of amides is 1. The summed E-state index contributed by atoms with van der Waals surface area (Å²) in [5, 5.41) is 2.31. The summed E-state index contributed by atoms with van der Waals surface area (Å²) in [5.74, 6) is 0.0111. The van der Waals surface area contributed by atoms with Gasteiger partial charge in [0.1, 0.15) is 9.93 Å². The summed E-state index contributed by atoms with van der Waals surface area (Å²) in [6.07, 6.45) is 0. The van der Waals surface area contributed by atoms with E-state index in [9.17, 15) is 4.79 Å². The number of hydrogen-bond acceptors (Lipinski definition) is 5. The van der Waals surface area contributed by atoms with Gasteiger partial charge >= 0.3 is 0 Å². The van der Waals surface area contributed by atoms with Gasteiger partial charge in [0, 0.05) is 23.0 Å². The summed E-state index contributed by atoms with van der Waals surface area (Å²) in [7, 11) is 0. The van der Waals surface area contributed by atoms with Crippen molar-refractivity contribution in [2.75, 3.05) is 18.0 Å². The lowest BCUT2D eigenvalue weighted by Crippen LogP contribution is -2.29. The zero-order valence-electron chi connectivity index (χ0n) is 15.0. The van der Waals surface area contributed by atoms with Crippen molar-refractivity contribution in [3.63, 3.8) is 0 Å². The molecule has 2 heterocycles. The highest BCUT2D eigenvalue weighted by molar-refractivity contribution is 8.19. The van der Waals surface area contributed by atoms with Crippen molar-refractivity contribution in [1.82, 2.24) is 4.90 Å². The highest BCUT2D eigenvalue weighted by Gasteiger charge is 2.38. The number of para-hydroxylation sites is 1. The van der Waals surface area contributed by atoms with Crippen LogP contribution in [0.15, 0.2) is 68.4 Å². The molecule has 7 heteroatoms. The van der Waals surface area contributed by atoms with E-state index >= 15 is 0 Å². The molecule has 1 saturated heterocycles. The minimum absolute atomic E-state index is 0.0111. The summed E-state index contributed by atoms with van der Waals surface area (Å²) in [4.78, 5) is 23.6. The number of anilines is 1. The number of carbonyl (C=O) groups excluding carboxylic acids is 1. The summed E-state index contributed by atoms with van der Waals surface area (Å²) in [6.45, 7) is 5.45. The molecule has 0 N–H and O–H groups in total. The van der Waals surface area contributed by atoms with Crippen LogP contribution in [0.4, 0.5) is 11.4 Å². The maximum atomic E-state index is 13.1. The Bertz CT molecular complexity index is 973. The Morgan fingerprint density at radius 3 is 2.52 bits per heavy atom. The third-order valence-corrected chi connectivity index (χ3v) is 6.94. The average Bonchev–Trinajstić information content (AvgIpc) is 3.18. The van der Waals surface area contributed by atoms with E-state index in [1.54, 1.807) is 22.7 Å². The largest absolute Gasteiger partial charge is 0.334 e. The molecule has 1 fully saturated rings. The second-order valence-corrected chi connectivity index (χ2v) is 8.42. The number of benzene rings is 2. The zero-order valence-corrected chi connectivity index (χ0v) is 17.4. The molecule has 0 saturated carbocycles. The van der Waals surface area contributed by atoms with Gasteiger partial charge in [-0.05, 0) is 55.9 Å². The molecule has 2 aliphatic rings. The minimum Gasteiger partial charge on any atom is -0.334 e. The number of thioether (sulfide) groups is 2. The normalized spacial score (nSPS) is 20.7. The maximum Gasteiger partial charge on any atom is 0.269 e. The van der Waals surface area contributed by atoms with Gasteiger partial charge in [-0.1, -0.05) is 41.6 Å². The van der Waals surface area contributed by atoms with E-state index in [1.807, 2.05) is 37.3 Å². The second kappa shape index (κ2) is 7.62. The van der Waals surface area contributed by atoms with Crippen molar-refractivity contribution in [3.8, 4) is 0 Å². The van der Waals surface area contributed by atoms with Crippen LogP contribution in [0, 0.1) is 0 Å². The molecule has 27 heavy (non-hydrogen) atoms. The van der Waals surface area contributed by atoms with Crippen LogP contribution in [0.1, 0.15) is 13.8 Å². The van der Waals surface area contributed by atoms with Crippen molar-refractivity contribution in [3.05, 3.63) is 63.5 Å². The molecule has 0 bridgehead atoms. The first kappa shape index (κ1) is 18.5. The molecule has 4 rings (SSSR count). The highest BCUT2D eigenvalue weighted by Crippen LogP contribution is 2.50.